The van der Waals surface area contributed by atoms with Crippen LogP contribution in [0.1, 0.15) is 19.4 Å². The second-order valence-corrected chi connectivity index (χ2v) is 5.33. The molecule has 2 aromatic heterocycles. The molecule has 6 heteroatoms. The Balaban J connectivity index is 2.17. The molecule has 0 radical (unpaired) electrons. The van der Waals surface area contributed by atoms with Gasteiger partial charge in [-0.3, -0.25) is 4.98 Å². The van der Waals surface area contributed by atoms with Crippen LogP contribution >= 0.6 is 11.5 Å². The van der Waals surface area contributed by atoms with Gasteiger partial charge in [0.2, 0.25) is 0 Å². The Hall–Kier alpha value is -1.82. The minimum atomic E-state index is 0.0757. The standard InChI is InChI=1S/C13H18N4OS/c1-9(2)18-11-12(14)16-19-13(11)17(3)8-10-4-6-15-7-5-10/h4-7,9H,8H2,1-3H3,(H2,14,16). The molecule has 0 amide bonds. The molecule has 0 aliphatic carbocycles. The molecule has 0 aliphatic heterocycles. The van der Waals surface area contributed by atoms with E-state index in [-0.39, 0.29) is 6.10 Å². The van der Waals surface area contributed by atoms with Crippen LogP contribution in [0.2, 0.25) is 0 Å². The van der Waals surface area contributed by atoms with Gasteiger partial charge in [0, 0.05) is 26.0 Å². The van der Waals surface area contributed by atoms with E-state index in [0.717, 1.165) is 11.5 Å². The summed E-state index contributed by atoms with van der Waals surface area (Å²) in [5.74, 6) is 1.13. The second kappa shape index (κ2) is 5.88. The largest absolute Gasteiger partial charge is 0.484 e. The zero-order chi connectivity index (χ0) is 13.8. The Morgan fingerprint density at radius 3 is 2.68 bits per heavy atom. The van der Waals surface area contributed by atoms with Crippen LogP contribution in [0.3, 0.4) is 0 Å². The van der Waals surface area contributed by atoms with Gasteiger partial charge in [-0.2, -0.15) is 4.37 Å². The molecule has 0 bridgehead atoms. The average molecular weight is 278 g/mol. The Bertz CT molecular complexity index is 527. The van der Waals surface area contributed by atoms with Crippen molar-refractivity contribution in [1.82, 2.24) is 9.36 Å². The lowest BCUT2D eigenvalue weighted by molar-refractivity contribution is 0.245. The van der Waals surface area contributed by atoms with E-state index in [0.29, 0.717) is 11.6 Å². The number of anilines is 2. The van der Waals surface area contributed by atoms with Gasteiger partial charge in [-0.05, 0) is 43.1 Å². The lowest BCUT2D eigenvalue weighted by Crippen LogP contribution is -2.17. The maximum Gasteiger partial charge on any atom is 0.198 e. The van der Waals surface area contributed by atoms with Crippen molar-refractivity contribution < 1.29 is 4.74 Å². The van der Waals surface area contributed by atoms with Crippen molar-refractivity contribution >= 4 is 22.4 Å². The summed E-state index contributed by atoms with van der Waals surface area (Å²) >= 11 is 1.36. The molecule has 102 valence electrons. The first-order valence-corrected chi connectivity index (χ1v) is 6.87. The number of nitrogens with zero attached hydrogens (tertiary/aromatic N) is 3. The molecule has 0 fully saturated rings. The highest BCUT2D eigenvalue weighted by atomic mass is 32.1. The summed E-state index contributed by atoms with van der Waals surface area (Å²) in [5, 5.41) is 0.947. The van der Waals surface area contributed by atoms with Crippen molar-refractivity contribution in [3.8, 4) is 5.75 Å². The Morgan fingerprint density at radius 1 is 1.37 bits per heavy atom. The molecular weight excluding hydrogens is 260 g/mol. The minimum absolute atomic E-state index is 0.0757. The molecule has 5 nitrogen and oxygen atoms in total. The van der Waals surface area contributed by atoms with Crippen LogP contribution in [0.15, 0.2) is 24.5 Å². The molecule has 0 atom stereocenters. The van der Waals surface area contributed by atoms with E-state index in [1.165, 1.54) is 17.1 Å². The zero-order valence-corrected chi connectivity index (χ0v) is 12.1. The summed E-state index contributed by atoms with van der Waals surface area (Å²) in [4.78, 5) is 6.10. The Labute approximate surface area is 117 Å². The van der Waals surface area contributed by atoms with Crippen molar-refractivity contribution in [3.63, 3.8) is 0 Å². The lowest BCUT2D eigenvalue weighted by Gasteiger charge is -2.19. The van der Waals surface area contributed by atoms with Crippen LogP contribution in [0, 0.1) is 0 Å². The van der Waals surface area contributed by atoms with E-state index in [1.807, 2.05) is 33.0 Å². The molecule has 0 saturated carbocycles. The fourth-order valence-corrected chi connectivity index (χ4v) is 2.42. The fraction of sp³-hybridized carbons (Fsp3) is 0.385. The maximum atomic E-state index is 5.86. The molecule has 19 heavy (non-hydrogen) atoms. The van der Waals surface area contributed by atoms with Crippen molar-refractivity contribution in [2.45, 2.75) is 26.5 Å². The van der Waals surface area contributed by atoms with Gasteiger partial charge in [-0.25, -0.2) is 0 Å². The number of aromatic nitrogens is 2. The van der Waals surface area contributed by atoms with E-state index in [1.54, 1.807) is 12.4 Å². The van der Waals surface area contributed by atoms with E-state index in [4.69, 9.17) is 10.5 Å². The Morgan fingerprint density at radius 2 is 2.05 bits per heavy atom. The second-order valence-electron chi connectivity index (χ2n) is 4.58. The summed E-state index contributed by atoms with van der Waals surface area (Å²) in [6.45, 7) is 4.71. The molecule has 0 aliphatic rings. The predicted molar refractivity (Wildman–Crippen MR) is 78.6 cm³/mol. The van der Waals surface area contributed by atoms with E-state index >= 15 is 0 Å². The predicted octanol–water partition coefficient (Wildman–Crippen LogP) is 2.54. The topological polar surface area (TPSA) is 64.3 Å². The summed E-state index contributed by atoms with van der Waals surface area (Å²) < 4.78 is 9.92. The molecule has 0 spiro atoms. The zero-order valence-electron chi connectivity index (χ0n) is 11.3. The van der Waals surface area contributed by atoms with E-state index in [9.17, 15) is 0 Å². The van der Waals surface area contributed by atoms with Crippen molar-refractivity contribution in [1.29, 1.82) is 0 Å². The van der Waals surface area contributed by atoms with Gasteiger partial charge in [0.05, 0.1) is 6.10 Å². The van der Waals surface area contributed by atoms with Crippen LogP contribution in [0.4, 0.5) is 10.8 Å². The highest BCUT2D eigenvalue weighted by Crippen LogP contribution is 2.38. The first-order chi connectivity index (χ1) is 9.08. The van der Waals surface area contributed by atoms with Gasteiger partial charge in [-0.1, -0.05) is 0 Å². The third-order valence-electron chi connectivity index (χ3n) is 2.53. The quantitative estimate of drug-likeness (QED) is 0.910. The highest BCUT2D eigenvalue weighted by Gasteiger charge is 2.18. The van der Waals surface area contributed by atoms with Gasteiger partial charge < -0.3 is 15.4 Å². The van der Waals surface area contributed by atoms with Crippen LogP contribution in [-0.4, -0.2) is 22.5 Å². The van der Waals surface area contributed by atoms with Crippen LogP contribution < -0.4 is 15.4 Å². The molecule has 0 aromatic carbocycles. The smallest absolute Gasteiger partial charge is 0.198 e. The molecule has 2 N–H and O–H groups in total. The van der Waals surface area contributed by atoms with Crippen molar-refractivity contribution in [2.24, 2.45) is 0 Å². The number of hydrogen-bond acceptors (Lipinski definition) is 6. The Kier molecular flexibility index (Phi) is 4.21. The summed E-state index contributed by atoms with van der Waals surface area (Å²) in [7, 11) is 2.00. The number of hydrogen-bond donors (Lipinski definition) is 1. The lowest BCUT2D eigenvalue weighted by atomic mass is 10.2. The highest BCUT2D eigenvalue weighted by molar-refractivity contribution is 7.11. The monoisotopic (exact) mass is 278 g/mol. The van der Waals surface area contributed by atoms with Gasteiger partial charge in [-0.15, -0.1) is 0 Å². The number of ether oxygens (including phenoxy) is 1. The average Bonchev–Trinajstić information content (AvgIpc) is 2.72. The maximum absolute atomic E-state index is 5.86. The molecule has 2 aromatic rings. The van der Waals surface area contributed by atoms with Crippen LogP contribution in [-0.2, 0) is 6.54 Å². The van der Waals surface area contributed by atoms with E-state index in [2.05, 4.69) is 14.3 Å². The third-order valence-corrected chi connectivity index (χ3v) is 3.48. The third kappa shape index (κ3) is 3.35. The van der Waals surface area contributed by atoms with Gasteiger partial charge in [0.1, 0.15) is 0 Å². The van der Waals surface area contributed by atoms with Gasteiger partial charge in [0.15, 0.2) is 16.6 Å². The number of pyridine rings is 1. The summed E-state index contributed by atoms with van der Waals surface area (Å²) in [6, 6.07) is 3.98. The molecule has 2 heterocycles. The normalized spacial score (nSPS) is 10.7. The number of rotatable bonds is 5. The van der Waals surface area contributed by atoms with Crippen molar-refractivity contribution in [3.05, 3.63) is 30.1 Å². The summed E-state index contributed by atoms with van der Waals surface area (Å²) in [5.41, 5.74) is 7.04. The molecule has 0 saturated heterocycles. The van der Waals surface area contributed by atoms with Gasteiger partial charge in [0.25, 0.3) is 0 Å². The minimum Gasteiger partial charge on any atom is -0.484 e. The molecule has 0 unspecified atom stereocenters. The first kappa shape index (κ1) is 13.6. The first-order valence-electron chi connectivity index (χ1n) is 6.09. The molecular formula is C13H18N4OS. The SMILES string of the molecule is CC(C)Oc1c(N)nsc1N(C)Cc1ccncc1. The number of nitrogen functional groups attached to an aromatic ring is 1. The van der Waals surface area contributed by atoms with Crippen molar-refractivity contribution in [2.75, 3.05) is 17.7 Å². The van der Waals surface area contributed by atoms with Crippen LogP contribution in [0.5, 0.6) is 5.75 Å². The van der Waals surface area contributed by atoms with Crippen LogP contribution in [0.25, 0.3) is 0 Å². The van der Waals surface area contributed by atoms with E-state index < -0.39 is 0 Å². The van der Waals surface area contributed by atoms with Gasteiger partial charge >= 0.3 is 0 Å². The number of nitrogens with two attached hydrogens (primary N) is 1. The fourth-order valence-electron chi connectivity index (χ4n) is 1.71. The summed E-state index contributed by atoms with van der Waals surface area (Å²) in [6.07, 6.45) is 3.65. The molecule has 2 rings (SSSR count).